The van der Waals surface area contributed by atoms with Gasteiger partial charge in [0, 0.05) is 16.7 Å². The van der Waals surface area contributed by atoms with Crippen LogP contribution in [-0.2, 0) is 22.6 Å². The van der Waals surface area contributed by atoms with Crippen molar-refractivity contribution in [2.24, 2.45) is 9.98 Å². The zero-order chi connectivity index (χ0) is 27.9. The summed E-state index contributed by atoms with van der Waals surface area (Å²) >= 11 is 0. The van der Waals surface area contributed by atoms with E-state index >= 15 is 0 Å². The number of hydrogen-bond donors (Lipinski definition) is 3. The second-order valence-corrected chi connectivity index (χ2v) is 9.39. The number of amidine groups is 1. The molecule has 3 aromatic rings. The Morgan fingerprint density at radius 3 is 2.45 bits per heavy atom. The monoisotopic (exact) mass is 538 g/mol. The Labute approximate surface area is 231 Å². The molecule has 2 aliphatic rings. The van der Waals surface area contributed by atoms with Crippen molar-refractivity contribution in [3.8, 4) is 0 Å². The molecule has 0 saturated heterocycles. The molecule has 2 heterocycles. The van der Waals surface area contributed by atoms with Gasteiger partial charge in [-0.1, -0.05) is 78.0 Å². The first-order chi connectivity index (χ1) is 19.5. The molecule has 1 aliphatic heterocycles. The van der Waals surface area contributed by atoms with Crippen LogP contribution in [0, 0.1) is 13.8 Å². The molecule has 3 N–H and O–H groups in total. The van der Waals surface area contributed by atoms with E-state index in [1.807, 2.05) is 66.7 Å². The molecular weight excluding hydrogens is 508 g/mol. The standard InChI is InChI=1S/C30H30N6O4/c1-19-24(20(2)40-36-19)17-26(37)34-35-29-28(33-30(38)39-18-21-11-5-3-6-12-21)32-27(22-13-7-4-8-14-22)23-15-9-10-16-25(23)31-29/h3-8,11-16,28H,9-10,17-18H2,1-2H3,(H,31,35)(H,33,38)(H,34,37). The number of amides is 2. The SMILES string of the molecule is Cc1noc(C)c1CC(=O)NNC1=NC2=CCCC=C2C(c2ccccc2)=NC1NC(=O)OCc1ccccc1. The van der Waals surface area contributed by atoms with E-state index in [2.05, 4.69) is 27.4 Å². The minimum atomic E-state index is -0.967. The summed E-state index contributed by atoms with van der Waals surface area (Å²) < 4.78 is 10.6. The number of benzene rings is 2. The van der Waals surface area contributed by atoms with E-state index in [9.17, 15) is 9.59 Å². The predicted octanol–water partition coefficient (Wildman–Crippen LogP) is 4.21. The van der Waals surface area contributed by atoms with Gasteiger partial charge in [0.25, 0.3) is 0 Å². The van der Waals surface area contributed by atoms with Gasteiger partial charge in [-0.2, -0.15) is 0 Å². The number of allylic oxidation sites excluding steroid dienone is 3. The van der Waals surface area contributed by atoms with Crippen molar-refractivity contribution in [3.05, 3.63) is 112 Å². The van der Waals surface area contributed by atoms with Gasteiger partial charge in [0.15, 0.2) is 12.0 Å². The zero-order valence-corrected chi connectivity index (χ0v) is 22.3. The number of aliphatic imine (C=N–C) groups is 2. The van der Waals surface area contributed by atoms with Crippen LogP contribution in [0.15, 0.2) is 98.6 Å². The Balaban J connectivity index is 1.41. The Bertz CT molecular complexity index is 1490. The number of carbonyl (C=O) groups excluding carboxylic acids is 2. The maximum atomic E-state index is 12.9. The van der Waals surface area contributed by atoms with E-state index in [4.69, 9.17) is 19.2 Å². The van der Waals surface area contributed by atoms with Crippen molar-refractivity contribution >= 4 is 23.5 Å². The number of rotatable bonds is 6. The molecule has 10 nitrogen and oxygen atoms in total. The number of fused-ring (bicyclic) bond motifs is 1. The van der Waals surface area contributed by atoms with Crippen molar-refractivity contribution in [1.29, 1.82) is 0 Å². The lowest BCUT2D eigenvalue weighted by molar-refractivity contribution is -0.121. The fraction of sp³-hybridized carbons (Fsp3) is 0.233. The topological polar surface area (TPSA) is 130 Å². The molecule has 0 bridgehead atoms. The van der Waals surface area contributed by atoms with Crippen molar-refractivity contribution in [2.75, 3.05) is 0 Å². The molecule has 0 fully saturated rings. The van der Waals surface area contributed by atoms with Crippen LogP contribution in [0.4, 0.5) is 4.79 Å². The lowest BCUT2D eigenvalue weighted by Gasteiger charge is -2.18. The van der Waals surface area contributed by atoms with Crippen LogP contribution in [0.2, 0.25) is 0 Å². The number of aryl methyl sites for hydroxylation is 2. The Morgan fingerprint density at radius 2 is 1.73 bits per heavy atom. The molecule has 5 rings (SSSR count). The molecule has 1 aliphatic carbocycles. The van der Waals surface area contributed by atoms with Gasteiger partial charge >= 0.3 is 6.09 Å². The van der Waals surface area contributed by atoms with E-state index < -0.39 is 12.3 Å². The van der Waals surface area contributed by atoms with Gasteiger partial charge in [0.2, 0.25) is 5.91 Å². The lowest BCUT2D eigenvalue weighted by Crippen LogP contribution is -2.52. The maximum Gasteiger partial charge on any atom is 0.409 e. The summed E-state index contributed by atoms with van der Waals surface area (Å²) in [5.41, 5.74) is 10.9. The molecule has 1 aromatic heterocycles. The van der Waals surface area contributed by atoms with E-state index in [1.54, 1.807) is 13.8 Å². The molecule has 0 saturated carbocycles. The minimum Gasteiger partial charge on any atom is -0.445 e. The summed E-state index contributed by atoms with van der Waals surface area (Å²) in [6, 6.07) is 19.1. The molecule has 10 heteroatoms. The van der Waals surface area contributed by atoms with Crippen LogP contribution in [-0.4, -0.2) is 34.9 Å². The highest BCUT2D eigenvalue weighted by molar-refractivity contribution is 6.17. The number of alkyl carbamates (subject to hydrolysis) is 1. The predicted molar refractivity (Wildman–Crippen MR) is 150 cm³/mol. The summed E-state index contributed by atoms with van der Waals surface area (Å²) in [7, 11) is 0. The molecule has 2 aromatic carbocycles. The third-order valence-electron chi connectivity index (χ3n) is 6.51. The molecule has 2 amide bonds. The maximum absolute atomic E-state index is 12.9. The second-order valence-electron chi connectivity index (χ2n) is 9.39. The third kappa shape index (κ3) is 6.35. The number of aromatic nitrogens is 1. The Kier molecular flexibility index (Phi) is 8.15. The highest BCUT2D eigenvalue weighted by Crippen LogP contribution is 2.27. The molecule has 0 spiro atoms. The quantitative estimate of drug-likeness (QED) is 0.403. The Morgan fingerprint density at radius 1 is 1.00 bits per heavy atom. The first kappa shape index (κ1) is 26.6. The minimum absolute atomic E-state index is 0.0606. The first-order valence-corrected chi connectivity index (χ1v) is 13.0. The van der Waals surface area contributed by atoms with E-state index in [-0.39, 0.29) is 24.8 Å². The van der Waals surface area contributed by atoms with Crippen LogP contribution in [0.3, 0.4) is 0 Å². The summed E-state index contributed by atoms with van der Waals surface area (Å²) in [4.78, 5) is 35.4. The van der Waals surface area contributed by atoms with E-state index in [0.717, 1.165) is 29.5 Å². The number of nitrogens with zero attached hydrogens (tertiary/aromatic N) is 3. The largest absolute Gasteiger partial charge is 0.445 e. The van der Waals surface area contributed by atoms with Crippen LogP contribution < -0.4 is 16.2 Å². The van der Waals surface area contributed by atoms with Gasteiger partial charge in [-0.3, -0.25) is 26.0 Å². The fourth-order valence-electron chi connectivity index (χ4n) is 4.43. The Hall–Kier alpha value is -4.99. The summed E-state index contributed by atoms with van der Waals surface area (Å²) in [5.74, 6) is 0.501. The number of hydrazine groups is 1. The van der Waals surface area contributed by atoms with Crippen molar-refractivity contribution in [2.45, 2.75) is 45.9 Å². The average Bonchev–Trinajstić information content (AvgIpc) is 3.20. The highest BCUT2D eigenvalue weighted by Gasteiger charge is 2.28. The summed E-state index contributed by atoms with van der Waals surface area (Å²) in [6.45, 7) is 3.64. The normalized spacial score (nSPS) is 16.3. The smallest absolute Gasteiger partial charge is 0.409 e. The van der Waals surface area contributed by atoms with Crippen molar-refractivity contribution < 1.29 is 18.8 Å². The molecular formula is C30H30N6O4. The van der Waals surface area contributed by atoms with Crippen LogP contribution >= 0.6 is 0 Å². The van der Waals surface area contributed by atoms with Gasteiger partial charge in [0.1, 0.15) is 12.4 Å². The molecule has 40 heavy (non-hydrogen) atoms. The third-order valence-corrected chi connectivity index (χ3v) is 6.51. The highest BCUT2D eigenvalue weighted by atomic mass is 16.5. The second kappa shape index (κ2) is 12.2. The van der Waals surface area contributed by atoms with Crippen molar-refractivity contribution in [3.63, 3.8) is 0 Å². The van der Waals surface area contributed by atoms with Crippen LogP contribution in [0.1, 0.15) is 41.0 Å². The van der Waals surface area contributed by atoms with Gasteiger partial charge < -0.3 is 9.26 Å². The lowest BCUT2D eigenvalue weighted by atomic mass is 9.95. The summed E-state index contributed by atoms with van der Waals surface area (Å²) in [6.07, 6.45) is 4.19. The number of nitrogens with one attached hydrogen (secondary N) is 3. The van der Waals surface area contributed by atoms with Crippen LogP contribution in [0.25, 0.3) is 0 Å². The van der Waals surface area contributed by atoms with E-state index in [1.165, 1.54) is 0 Å². The number of carbonyl (C=O) groups is 2. The molecule has 204 valence electrons. The molecule has 0 radical (unpaired) electrons. The van der Waals surface area contributed by atoms with Crippen molar-refractivity contribution in [1.82, 2.24) is 21.3 Å². The summed E-state index contributed by atoms with van der Waals surface area (Å²) in [5, 5.41) is 6.71. The van der Waals surface area contributed by atoms with Gasteiger partial charge in [-0.15, -0.1) is 0 Å². The van der Waals surface area contributed by atoms with Gasteiger partial charge in [-0.25, -0.2) is 9.79 Å². The number of ether oxygens (including phenoxy) is 1. The van der Waals surface area contributed by atoms with E-state index in [0.29, 0.717) is 28.4 Å². The molecule has 1 atom stereocenters. The van der Waals surface area contributed by atoms with Gasteiger partial charge in [0.05, 0.1) is 23.5 Å². The zero-order valence-electron chi connectivity index (χ0n) is 22.3. The molecule has 1 unspecified atom stereocenters. The first-order valence-electron chi connectivity index (χ1n) is 13.0. The fourth-order valence-corrected chi connectivity index (χ4v) is 4.43. The van der Waals surface area contributed by atoms with Crippen LogP contribution in [0.5, 0.6) is 0 Å². The van der Waals surface area contributed by atoms with Gasteiger partial charge in [-0.05, 0) is 32.3 Å². The average molecular weight is 539 g/mol. The number of hydrogen-bond acceptors (Lipinski definition) is 8.